The van der Waals surface area contributed by atoms with Crippen LogP contribution in [0.1, 0.15) is 22.6 Å². The maximum atomic E-state index is 13.3. The van der Waals surface area contributed by atoms with E-state index >= 15 is 0 Å². The fraction of sp³-hybridized carbons (Fsp3) is 0.357. The molecule has 2 N–H and O–H groups in total. The van der Waals surface area contributed by atoms with Crippen LogP contribution in [0, 0.1) is 5.82 Å². The number of halogens is 4. The molecule has 0 aliphatic carbocycles. The Kier molecular flexibility index (Phi) is 4.88. The van der Waals surface area contributed by atoms with Crippen molar-refractivity contribution in [1.82, 2.24) is 19.9 Å². The third-order valence-electron chi connectivity index (χ3n) is 3.40. The Morgan fingerprint density at radius 2 is 2.08 bits per heavy atom. The van der Waals surface area contributed by atoms with Crippen molar-refractivity contribution < 1.29 is 27.5 Å². The number of aromatic nitrogens is 3. The number of nitrogens with zero attached hydrogens (tertiary/aromatic N) is 3. The molecule has 2 heterocycles. The second-order valence-corrected chi connectivity index (χ2v) is 5.12. The van der Waals surface area contributed by atoms with Crippen molar-refractivity contribution in [3.8, 4) is 0 Å². The lowest BCUT2D eigenvalue weighted by Gasteiger charge is -2.29. The van der Waals surface area contributed by atoms with Gasteiger partial charge in [0, 0.05) is 38.6 Å². The van der Waals surface area contributed by atoms with Gasteiger partial charge in [0.1, 0.15) is 11.6 Å². The van der Waals surface area contributed by atoms with Gasteiger partial charge in [-0.05, 0) is 6.07 Å². The van der Waals surface area contributed by atoms with Crippen LogP contribution in [0.2, 0.25) is 0 Å². The van der Waals surface area contributed by atoms with Crippen LogP contribution < -0.4 is 5.32 Å². The molecule has 1 amide bonds. The Balaban J connectivity index is 2.10. The SMILES string of the molecule is Cn1ccnc1C(O)(CCNC(=O)c1cncc(F)c1)C(F)(F)F. The number of aryl methyl sites for hydroxylation is 1. The first-order valence-electron chi connectivity index (χ1n) is 6.81. The molecule has 0 radical (unpaired) electrons. The fourth-order valence-corrected chi connectivity index (χ4v) is 2.14. The van der Waals surface area contributed by atoms with Crippen molar-refractivity contribution in [3.63, 3.8) is 0 Å². The Labute approximate surface area is 134 Å². The van der Waals surface area contributed by atoms with Crippen molar-refractivity contribution in [3.05, 3.63) is 48.1 Å². The molecule has 0 bridgehead atoms. The van der Waals surface area contributed by atoms with Gasteiger partial charge in [0.25, 0.3) is 5.91 Å². The summed E-state index contributed by atoms with van der Waals surface area (Å²) in [6.07, 6.45) is -1.48. The minimum absolute atomic E-state index is 0.137. The third kappa shape index (κ3) is 3.53. The number of carbonyl (C=O) groups excluding carboxylic acids is 1. The summed E-state index contributed by atoms with van der Waals surface area (Å²) in [5, 5.41) is 12.3. The quantitative estimate of drug-likeness (QED) is 0.805. The number of imidazole rings is 1. The molecule has 10 heteroatoms. The van der Waals surface area contributed by atoms with E-state index in [1.54, 1.807) is 0 Å². The average Bonchev–Trinajstić information content (AvgIpc) is 2.92. The highest BCUT2D eigenvalue weighted by Gasteiger charge is 2.57. The van der Waals surface area contributed by atoms with E-state index in [-0.39, 0.29) is 5.56 Å². The van der Waals surface area contributed by atoms with E-state index in [0.717, 1.165) is 29.2 Å². The second-order valence-electron chi connectivity index (χ2n) is 5.12. The number of hydrogen-bond acceptors (Lipinski definition) is 4. The number of nitrogens with one attached hydrogen (secondary N) is 1. The van der Waals surface area contributed by atoms with Crippen molar-refractivity contribution in [1.29, 1.82) is 0 Å². The molecule has 1 unspecified atom stereocenters. The van der Waals surface area contributed by atoms with Gasteiger partial charge in [0.15, 0.2) is 0 Å². The molecular formula is C14H14F4N4O2. The lowest BCUT2D eigenvalue weighted by Crippen LogP contribution is -2.46. The average molecular weight is 346 g/mol. The molecule has 1 atom stereocenters. The lowest BCUT2D eigenvalue weighted by molar-refractivity contribution is -0.272. The maximum Gasteiger partial charge on any atom is 0.424 e. The van der Waals surface area contributed by atoms with Crippen molar-refractivity contribution in [2.75, 3.05) is 6.54 Å². The predicted octanol–water partition coefficient (Wildman–Crippen LogP) is 1.52. The number of alkyl halides is 3. The summed E-state index contributed by atoms with van der Waals surface area (Å²) in [5.41, 5.74) is -3.36. The number of carbonyl (C=O) groups is 1. The third-order valence-corrected chi connectivity index (χ3v) is 3.40. The Hall–Kier alpha value is -2.49. The topological polar surface area (TPSA) is 80.0 Å². The standard InChI is InChI=1S/C14H14F4N4O2/c1-22-5-4-21-12(22)13(24,14(16,17)18)2-3-20-11(23)9-6-10(15)8-19-7-9/h4-8,24H,2-3H2,1H3,(H,20,23). The molecule has 130 valence electrons. The van der Waals surface area contributed by atoms with E-state index in [4.69, 9.17) is 0 Å². The highest BCUT2D eigenvalue weighted by Crippen LogP contribution is 2.40. The molecule has 0 saturated heterocycles. The first-order chi connectivity index (χ1) is 11.1. The number of pyridine rings is 1. The van der Waals surface area contributed by atoms with E-state index in [9.17, 15) is 27.5 Å². The highest BCUT2D eigenvalue weighted by atomic mass is 19.4. The van der Waals surface area contributed by atoms with Crippen LogP contribution in [0.25, 0.3) is 0 Å². The lowest BCUT2D eigenvalue weighted by atomic mass is 9.97. The van der Waals surface area contributed by atoms with Crippen LogP contribution in [0.5, 0.6) is 0 Å². The van der Waals surface area contributed by atoms with Gasteiger partial charge in [-0.15, -0.1) is 0 Å². The summed E-state index contributed by atoms with van der Waals surface area (Å²) in [5.74, 6) is -2.13. The van der Waals surface area contributed by atoms with Crippen LogP contribution in [0.4, 0.5) is 17.6 Å². The Morgan fingerprint density at radius 1 is 1.38 bits per heavy atom. The van der Waals surface area contributed by atoms with Crippen LogP contribution in [-0.4, -0.2) is 38.3 Å². The summed E-state index contributed by atoms with van der Waals surface area (Å²) in [7, 11) is 1.32. The van der Waals surface area contributed by atoms with Gasteiger partial charge in [-0.25, -0.2) is 9.37 Å². The molecule has 2 aromatic heterocycles. The monoisotopic (exact) mass is 346 g/mol. The van der Waals surface area contributed by atoms with E-state index in [1.165, 1.54) is 13.2 Å². The number of amides is 1. The fourth-order valence-electron chi connectivity index (χ4n) is 2.14. The van der Waals surface area contributed by atoms with E-state index in [0.29, 0.717) is 0 Å². The molecule has 0 aliphatic heterocycles. The minimum atomic E-state index is -4.99. The van der Waals surface area contributed by atoms with Crippen LogP contribution in [0.15, 0.2) is 30.9 Å². The van der Waals surface area contributed by atoms with Gasteiger partial charge in [0.2, 0.25) is 5.60 Å². The molecule has 6 nitrogen and oxygen atoms in total. The summed E-state index contributed by atoms with van der Waals surface area (Å²) < 4.78 is 53.8. The van der Waals surface area contributed by atoms with Crippen molar-refractivity contribution in [2.24, 2.45) is 7.05 Å². The molecule has 24 heavy (non-hydrogen) atoms. The van der Waals surface area contributed by atoms with Gasteiger partial charge in [-0.1, -0.05) is 0 Å². The maximum absolute atomic E-state index is 13.3. The van der Waals surface area contributed by atoms with Crippen molar-refractivity contribution in [2.45, 2.75) is 18.2 Å². The Morgan fingerprint density at radius 3 is 2.62 bits per heavy atom. The largest absolute Gasteiger partial charge is 0.424 e. The molecular weight excluding hydrogens is 332 g/mol. The van der Waals surface area contributed by atoms with Crippen LogP contribution in [0.3, 0.4) is 0 Å². The molecule has 0 aliphatic rings. The normalized spacial score (nSPS) is 14.2. The Bertz CT molecular complexity index is 732. The van der Waals surface area contributed by atoms with Gasteiger partial charge < -0.3 is 15.0 Å². The smallest absolute Gasteiger partial charge is 0.374 e. The first-order valence-corrected chi connectivity index (χ1v) is 6.81. The second kappa shape index (κ2) is 6.56. The zero-order chi connectivity index (χ0) is 18.0. The predicted molar refractivity (Wildman–Crippen MR) is 74.3 cm³/mol. The number of hydrogen-bond donors (Lipinski definition) is 2. The number of rotatable bonds is 5. The summed E-state index contributed by atoms with van der Waals surface area (Å²) in [6.45, 7) is -0.502. The molecule has 0 aromatic carbocycles. The van der Waals surface area contributed by atoms with Gasteiger partial charge in [-0.2, -0.15) is 13.2 Å². The molecule has 0 fully saturated rings. The van der Waals surface area contributed by atoms with E-state index in [2.05, 4.69) is 15.3 Å². The van der Waals surface area contributed by atoms with E-state index in [1.807, 2.05) is 0 Å². The summed E-state index contributed by atoms with van der Waals surface area (Å²) >= 11 is 0. The highest BCUT2D eigenvalue weighted by molar-refractivity contribution is 5.93. The van der Waals surface area contributed by atoms with Gasteiger partial charge >= 0.3 is 6.18 Å². The zero-order valence-corrected chi connectivity index (χ0v) is 12.5. The summed E-state index contributed by atoms with van der Waals surface area (Å²) in [6, 6.07) is 0.900. The van der Waals surface area contributed by atoms with Crippen LogP contribution in [-0.2, 0) is 12.6 Å². The zero-order valence-electron chi connectivity index (χ0n) is 12.5. The number of aliphatic hydroxyl groups is 1. The minimum Gasteiger partial charge on any atom is -0.374 e. The first kappa shape index (κ1) is 17.9. The summed E-state index contributed by atoms with van der Waals surface area (Å²) in [4.78, 5) is 18.8. The van der Waals surface area contributed by atoms with Crippen LogP contribution >= 0.6 is 0 Å². The van der Waals surface area contributed by atoms with Gasteiger partial charge in [0.05, 0.1) is 11.8 Å². The van der Waals surface area contributed by atoms with E-state index < -0.39 is 42.3 Å². The van der Waals surface area contributed by atoms with Gasteiger partial charge in [-0.3, -0.25) is 9.78 Å². The molecule has 2 rings (SSSR count). The molecule has 2 aromatic rings. The van der Waals surface area contributed by atoms with Crippen molar-refractivity contribution >= 4 is 5.91 Å². The molecule has 0 saturated carbocycles. The molecule has 0 spiro atoms.